The molecule has 5 heteroatoms. The molecule has 1 aromatic carbocycles. The molecule has 0 radical (unpaired) electrons. The molecule has 1 aliphatic heterocycles. The first-order chi connectivity index (χ1) is 9.31. The van der Waals surface area contributed by atoms with Crippen LogP contribution in [0.4, 0.5) is 10.1 Å². The van der Waals surface area contributed by atoms with Gasteiger partial charge >= 0.3 is 0 Å². The smallest absolute Gasteiger partial charge is 0.143 e. The molecule has 19 heavy (non-hydrogen) atoms. The SMILES string of the molecule is N#Cc1c(F)cccc1NCCOC1CCNCC1. The minimum Gasteiger partial charge on any atom is -0.382 e. The molecule has 2 N–H and O–H groups in total. The van der Waals surface area contributed by atoms with E-state index >= 15 is 0 Å². The molecule has 0 unspecified atom stereocenters. The van der Waals surface area contributed by atoms with Crippen molar-refractivity contribution in [1.29, 1.82) is 5.26 Å². The van der Waals surface area contributed by atoms with Gasteiger partial charge in [-0.15, -0.1) is 0 Å². The summed E-state index contributed by atoms with van der Waals surface area (Å²) in [4.78, 5) is 0. The van der Waals surface area contributed by atoms with E-state index in [-0.39, 0.29) is 5.56 Å². The Morgan fingerprint density at radius 1 is 1.42 bits per heavy atom. The molecule has 4 nitrogen and oxygen atoms in total. The maximum atomic E-state index is 13.3. The number of hydrogen-bond donors (Lipinski definition) is 2. The van der Waals surface area contributed by atoms with Gasteiger partial charge in [-0.05, 0) is 38.1 Å². The third kappa shape index (κ3) is 3.91. The van der Waals surface area contributed by atoms with Gasteiger partial charge in [0, 0.05) is 6.54 Å². The van der Waals surface area contributed by atoms with E-state index in [4.69, 9.17) is 10.00 Å². The number of ether oxygens (including phenoxy) is 1. The number of nitrogens with one attached hydrogen (secondary N) is 2. The molecular formula is C14H18FN3O. The Hall–Kier alpha value is -1.64. The summed E-state index contributed by atoms with van der Waals surface area (Å²) >= 11 is 0. The summed E-state index contributed by atoms with van der Waals surface area (Å²) in [6.45, 7) is 3.13. The molecular weight excluding hydrogens is 245 g/mol. The van der Waals surface area contributed by atoms with E-state index in [1.807, 2.05) is 6.07 Å². The normalized spacial score (nSPS) is 16.0. The van der Waals surface area contributed by atoms with Crippen molar-refractivity contribution in [2.45, 2.75) is 18.9 Å². The van der Waals surface area contributed by atoms with Crippen LogP contribution in [0.2, 0.25) is 0 Å². The summed E-state index contributed by atoms with van der Waals surface area (Å²) in [5.74, 6) is -0.494. The van der Waals surface area contributed by atoms with Gasteiger partial charge in [0.25, 0.3) is 0 Å². The lowest BCUT2D eigenvalue weighted by atomic mass is 10.1. The summed E-state index contributed by atoms with van der Waals surface area (Å²) in [5.41, 5.74) is 0.584. The summed E-state index contributed by atoms with van der Waals surface area (Å²) in [6.07, 6.45) is 2.37. The van der Waals surface area contributed by atoms with E-state index in [0.717, 1.165) is 25.9 Å². The van der Waals surface area contributed by atoms with Crippen LogP contribution >= 0.6 is 0 Å². The van der Waals surface area contributed by atoms with Gasteiger partial charge in [-0.1, -0.05) is 6.07 Å². The number of anilines is 1. The lowest BCUT2D eigenvalue weighted by molar-refractivity contribution is 0.0394. The molecule has 2 rings (SSSR count). The molecule has 0 aliphatic carbocycles. The summed E-state index contributed by atoms with van der Waals surface area (Å²) in [7, 11) is 0. The zero-order chi connectivity index (χ0) is 13.5. The lowest BCUT2D eigenvalue weighted by Crippen LogP contribution is -2.33. The topological polar surface area (TPSA) is 57.1 Å². The van der Waals surface area contributed by atoms with E-state index in [0.29, 0.717) is 24.9 Å². The first-order valence-corrected chi connectivity index (χ1v) is 6.56. The van der Waals surface area contributed by atoms with E-state index < -0.39 is 5.82 Å². The summed E-state index contributed by atoms with van der Waals surface area (Å²) in [5, 5.41) is 15.2. The van der Waals surface area contributed by atoms with Crippen LogP contribution in [0.5, 0.6) is 0 Å². The van der Waals surface area contributed by atoms with Crippen molar-refractivity contribution in [2.75, 3.05) is 31.6 Å². The van der Waals surface area contributed by atoms with Gasteiger partial charge in [0.1, 0.15) is 17.4 Å². The molecule has 1 aromatic rings. The highest BCUT2D eigenvalue weighted by Gasteiger charge is 2.13. The van der Waals surface area contributed by atoms with Crippen LogP contribution < -0.4 is 10.6 Å². The third-order valence-corrected chi connectivity index (χ3v) is 3.18. The number of nitriles is 1. The highest BCUT2D eigenvalue weighted by molar-refractivity contribution is 5.57. The Labute approximate surface area is 112 Å². The fourth-order valence-corrected chi connectivity index (χ4v) is 2.16. The van der Waals surface area contributed by atoms with Crippen molar-refractivity contribution in [3.8, 4) is 6.07 Å². The number of halogens is 1. The zero-order valence-corrected chi connectivity index (χ0v) is 10.8. The fourth-order valence-electron chi connectivity index (χ4n) is 2.16. The second kappa shape index (κ2) is 7.07. The minimum absolute atomic E-state index is 0.0596. The van der Waals surface area contributed by atoms with E-state index in [1.165, 1.54) is 6.07 Å². The van der Waals surface area contributed by atoms with Crippen LogP contribution in [-0.4, -0.2) is 32.3 Å². The summed E-state index contributed by atoms with van der Waals surface area (Å²) < 4.78 is 19.1. The van der Waals surface area contributed by atoms with Gasteiger partial charge in [0.2, 0.25) is 0 Å². The third-order valence-electron chi connectivity index (χ3n) is 3.18. The summed E-state index contributed by atoms with van der Waals surface area (Å²) in [6, 6.07) is 6.44. The Kier molecular flexibility index (Phi) is 5.13. The van der Waals surface area contributed by atoms with Gasteiger partial charge in [-0.3, -0.25) is 0 Å². The Bertz CT molecular complexity index is 452. The van der Waals surface area contributed by atoms with Crippen molar-refractivity contribution in [2.24, 2.45) is 0 Å². The van der Waals surface area contributed by atoms with Crippen molar-refractivity contribution in [3.63, 3.8) is 0 Å². The predicted molar refractivity (Wildman–Crippen MR) is 71.4 cm³/mol. The molecule has 0 bridgehead atoms. The molecule has 1 saturated heterocycles. The van der Waals surface area contributed by atoms with Crippen LogP contribution in [0.1, 0.15) is 18.4 Å². The van der Waals surface area contributed by atoms with E-state index in [2.05, 4.69) is 10.6 Å². The van der Waals surface area contributed by atoms with Crippen LogP contribution in [-0.2, 0) is 4.74 Å². The van der Waals surface area contributed by atoms with Gasteiger partial charge < -0.3 is 15.4 Å². The number of benzene rings is 1. The fraction of sp³-hybridized carbons (Fsp3) is 0.500. The highest BCUT2D eigenvalue weighted by Crippen LogP contribution is 2.17. The number of piperidine rings is 1. The number of rotatable bonds is 5. The standard InChI is InChI=1S/C14H18FN3O/c15-13-2-1-3-14(12(13)10-16)18-8-9-19-11-4-6-17-7-5-11/h1-3,11,17-18H,4-9H2. The van der Waals surface area contributed by atoms with Gasteiger partial charge in [0.05, 0.1) is 18.4 Å². The predicted octanol–water partition coefficient (Wildman–Crippen LogP) is 1.88. The van der Waals surface area contributed by atoms with Crippen LogP contribution in [0.25, 0.3) is 0 Å². The average Bonchev–Trinajstić information content (AvgIpc) is 2.45. The molecule has 0 atom stereocenters. The van der Waals surface area contributed by atoms with Crippen LogP contribution in [0.15, 0.2) is 18.2 Å². The maximum Gasteiger partial charge on any atom is 0.143 e. The maximum absolute atomic E-state index is 13.3. The molecule has 0 amide bonds. The quantitative estimate of drug-likeness (QED) is 0.796. The molecule has 1 fully saturated rings. The Morgan fingerprint density at radius 2 is 2.21 bits per heavy atom. The van der Waals surface area contributed by atoms with Crippen LogP contribution in [0.3, 0.4) is 0 Å². The molecule has 0 saturated carbocycles. The molecule has 0 spiro atoms. The monoisotopic (exact) mass is 263 g/mol. The van der Waals surface area contributed by atoms with Crippen molar-refractivity contribution < 1.29 is 9.13 Å². The van der Waals surface area contributed by atoms with Crippen molar-refractivity contribution in [3.05, 3.63) is 29.6 Å². The van der Waals surface area contributed by atoms with E-state index in [1.54, 1.807) is 12.1 Å². The number of hydrogen-bond acceptors (Lipinski definition) is 4. The van der Waals surface area contributed by atoms with Crippen LogP contribution in [0, 0.1) is 17.1 Å². The molecule has 1 aliphatic rings. The van der Waals surface area contributed by atoms with Crippen molar-refractivity contribution in [1.82, 2.24) is 5.32 Å². The van der Waals surface area contributed by atoms with Crippen molar-refractivity contribution >= 4 is 5.69 Å². The molecule has 0 aromatic heterocycles. The number of nitrogens with zero attached hydrogens (tertiary/aromatic N) is 1. The first kappa shape index (κ1) is 13.8. The van der Waals surface area contributed by atoms with Gasteiger partial charge in [0.15, 0.2) is 0 Å². The molecule has 1 heterocycles. The second-order valence-electron chi connectivity index (χ2n) is 4.52. The largest absolute Gasteiger partial charge is 0.382 e. The van der Waals surface area contributed by atoms with Gasteiger partial charge in [-0.2, -0.15) is 5.26 Å². The minimum atomic E-state index is -0.494. The highest BCUT2D eigenvalue weighted by atomic mass is 19.1. The average molecular weight is 263 g/mol. The molecule has 102 valence electrons. The Balaban J connectivity index is 1.76. The second-order valence-corrected chi connectivity index (χ2v) is 4.52. The Morgan fingerprint density at radius 3 is 2.95 bits per heavy atom. The zero-order valence-electron chi connectivity index (χ0n) is 10.8. The van der Waals surface area contributed by atoms with E-state index in [9.17, 15) is 4.39 Å². The lowest BCUT2D eigenvalue weighted by Gasteiger charge is -2.23. The van der Waals surface area contributed by atoms with Gasteiger partial charge in [-0.25, -0.2) is 4.39 Å². The first-order valence-electron chi connectivity index (χ1n) is 6.56.